The average molecular weight is 526 g/mol. The standard InChI is InChI=1S/C26H26F3N7O2/c1-3-22(37)35-7-5-17(13-35)36-11-16(12-36)20-8-21-23(24(32-20)26(27,28)29)38-14-19-18(4-6-30-25(19)33-21)15-9-31-34(2)10-15/h3-4,6,8-10,16-17H,1,5,7,11-14H2,2H3,(H,30,33)/t17-/m1/s1. The summed E-state index contributed by atoms with van der Waals surface area (Å²) in [5.74, 6) is -0.159. The van der Waals surface area contributed by atoms with Crippen molar-refractivity contribution < 1.29 is 22.7 Å². The number of likely N-dealkylation sites (tertiary alicyclic amines) is 2. The Morgan fingerprint density at radius 3 is 2.82 bits per heavy atom. The molecule has 12 heteroatoms. The summed E-state index contributed by atoms with van der Waals surface area (Å²) < 4.78 is 49.9. The molecule has 3 aromatic rings. The van der Waals surface area contributed by atoms with Crippen LogP contribution in [0.1, 0.15) is 29.3 Å². The molecule has 1 amide bonds. The number of nitrogens with zero attached hydrogens (tertiary/aromatic N) is 6. The van der Waals surface area contributed by atoms with Crippen LogP contribution in [0.2, 0.25) is 0 Å². The van der Waals surface area contributed by atoms with Gasteiger partial charge in [0.2, 0.25) is 5.91 Å². The number of aryl methyl sites for hydroxylation is 1. The van der Waals surface area contributed by atoms with Gasteiger partial charge in [0, 0.05) is 74.4 Å². The highest BCUT2D eigenvalue weighted by molar-refractivity contribution is 5.87. The second-order valence-electron chi connectivity index (χ2n) is 9.85. The van der Waals surface area contributed by atoms with Crippen molar-refractivity contribution in [2.24, 2.45) is 7.05 Å². The average Bonchev–Trinajstić information content (AvgIpc) is 3.46. The van der Waals surface area contributed by atoms with Crippen LogP contribution in [0.15, 0.2) is 43.4 Å². The van der Waals surface area contributed by atoms with E-state index in [1.165, 1.54) is 6.08 Å². The van der Waals surface area contributed by atoms with Gasteiger partial charge >= 0.3 is 6.18 Å². The van der Waals surface area contributed by atoms with E-state index in [0.29, 0.717) is 43.3 Å². The van der Waals surface area contributed by atoms with Crippen LogP contribution in [0.3, 0.4) is 0 Å². The summed E-state index contributed by atoms with van der Waals surface area (Å²) in [5.41, 5.74) is 1.73. The maximum Gasteiger partial charge on any atom is 0.437 e. The summed E-state index contributed by atoms with van der Waals surface area (Å²) in [6.45, 7) is 5.83. The Hall–Kier alpha value is -3.93. The fourth-order valence-corrected chi connectivity index (χ4v) is 5.41. The van der Waals surface area contributed by atoms with E-state index >= 15 is 0 Å². The third-order valence-corrected chi connectivity index (χ3v) is 7.44. The molecule has 0 unspecified atom stereocenters. The molecule has 2 saturated heterocycles. The molecule has 3 aliphatic rings. The largest absolute Gasteiger partial charge is 0.484 e. The van der Waals surface area contributed by atoms with Gasteiger partial charge in [0.25, 0.3) is 0 Å². The first-order chi connectivity index (χ1) is 18.2. The summed E-state index contributed by atoms with van der Waals surface area (Å²) in [4.78, 5) is 24.3. The number of fused-ring (bicyclic) bond motifs is 2. The van der Waals surface area contributed by atoms with Gasteiger partial charge in [-0.15, -0.1) is 0 Å². The lowest BCUT2D eigenvalue weighted by atomic mass is 9.92. The lowest BCUT2D eigenvalue weighted by molar-refractivity contribution is -0.142. The quantitative estimate of drug-likeness (QED) is 0.520. The van der Waals surface area contributed by atoms with Crippen molar-refractivity contribution >= 4 is 17.4 Å². The summed E-state index contributed by atoms with van der Waals surface area (Å²) in [5, 5.41) is 7.29. The predicted molar refractivity (Wildman–Crippen MR) is 133 cm³/mol. The predicted octanol–water partition coefficient (Wildman–Crippen LogP) is 3.72. The highest BCUT2D eigenvalue weighted by atomic mass is 19.4. The van der Waals surface area contributed by atoms with Gasteiger partial charge in [0.15, 0.2) is 11.4 Å². The summed E-state index contributed by atoms with van der Waals surface area (Å²) in [7, 11) is 1.79. The van der Waals surface area contributed by atoms with Crippen LogP contribution in [0, 0.1) is 0 Å². The van der Waals surface area contributed by atoms with Crippen LogP contribution in [0.25, 0.3) is 11.1 Å². The van der Waals surface area contributed by atoms with Crippen molar-refractivity contribution in [2.75, 3.05) is 31.5 Å². The number of aromatic nitrogens is 4. The number of carbonyl (C=O) groups is 1. The Labute approximate surface area is 216 Å². The number of hydrogen-bond acceptors (Lipinski definition) is 7. The zero-order valence-corrected chi connectivity index (χ0v) is 20.7. The van der Waals surface area contributed by atoms with Gasteiger partial charge in [-0.3, -0.25) is 14.4 Å². The molecule has 0 aliphatic carbocycles. The second kappa shape index (κ2) is 9.12. The van der Waals surface area contributed by atoms with Crippen LogP contribution in [0.4, 0.5) is 24.7 Å². The van der Waals surface area contributed by atoms with E-state index in [2.05, 4.69) is 31.9 Å². The zero-order valence-electron chi connectivity index (χ0n) is 20.7. The van der Waals surface area contributed by atoms with Gasteiger partial charge < -0.3 is 15.0 Å². The number of nitrogens with one attached hydrogen (secondary N) is 1. The molecule has 1 N–H and O–H groups in total. The summed E-state index contributed by atoms with van der Waals surface area (Å²) >= 11 is 0. The van der Waals surface area contributed by atoms with Gasteiger partial charge in [0.05, 0.1) is 11.9 Å². The summed E-state index contributed by atoms with van der Waals surface area (Å²) in [6, 6.07) is 3.62. The molecular weight excluding hydrogens is 499 g/mol. The molecule has 2 fully saturated rings. The molecule has 3 aliphatic heterocycles. The first-order valence-corrected chi connectivity index (χ1v) is 12.4. The number of halogens is 3. The number of carbonyl (C=O) groups excluding carboxylic acids is 1. The fourth-order valence-electron chi connectivity index (χ4n) is 5.41. The van der Waals surface area contributed by atoms with Crippen molar-refractivity contribution in [3.05, 3.63) is 60.3 Å². The van der Waals surface area contributed by atoms with Gasteiger partial charge in [-0.05, 0) is 30.2 Å². The number of alkyl halides is 3. The van der Waals surface area contributed by atoms with E-state index in [4.69, 9.17) is 4.74 Å². The van der Waals surface area contributed by atoms with E-state index in [-0.39, 0.29) is 35.9 Å². The number of rotatable bonds is 4. The molecule has 0 aromatic carbocycles. The monoisotopic (exact) mass is 525 g/mol. The van der Waals surface area contributed by atoms with Gasteiger partial charge in [-0.25, -0.2) is 9.97 Å². The molecule has 1 atom stereocenters. The number of anilines is 2. The van der Waals surface area contributed by atoms with Crippen molar-refractivity contribution in [3.8, 4) is 16.9 Å². The lowest BCUT2D eigenvalue weighted by Crippen LogP contribution is -2.52. The zero-order chi connectivity index (χ0) is 26.6. The number of amides is 1. The minimum atomic E-state index is -4.70. The van der Waals surface area contributed by atoms with Crippen LogP contribution < -0.4 is 10.1 Å². The fraction of sp³-hybridized carbons (Fsp3) is 0.385. The molecule has 9 nitrogen and oxygen atoms in total. The summed E-state index contributed by atoms with van der Waals surface area (Å²) in [6.07, 6.45) is 2.56. The third-order valence-electron chi connectivity index (χ3n) is 7.44. The molecular formula is C26H26F3N7O2. The Morgan fingerprint density at radius 2 is 2.11 bits per heavy atom. The van der Waals surface area contributed by atoms with Crippen LogP contribution in [-0.4, -0.2) is 67.7 Å². The van der Waals surface area contributed by atoms with Crippen LogP contribution in [0.5, 0.6) is 5.75 Å². The van der Waals surface area contributed by atoms with E-state index in [1.807, 2.05) is 6.20 Å². The van der Waals surface area contributed by atoms with E-state index < -0.39 is 11.9 Å². The minimum Gasteiger partial charge on any atom is -0.484 e. The van der Waals surface area contributed by atoms with Gasteiger partial charge in [0.1, 0.15) is 12.4 Å². The van der Waals surface area contributed by atoms with Gasteiger partial charge in [-0.1, -0.05) is 6.58 Å². The highest BCUT2D eigenvalue weighted by Gasteiger charge is 2.43. The van der Waals surface area contributed by atoms with Crippen LogP contribution in [-0.2, 0) is 24.6 Å². The van der Waals surface area contributed by atoms with E-state index in [9.17, 15) is 18.0 Å². The van der Waals surface area contributed by atoms with E-state index in [1.54, 1.807) is 41.2 Å². The van der Waals surface area contributed by atoms with Crippen molar-refractivity contribution in [3.63, 3.8) is 0 Å². The smallest absolute Gasteiger partial charge is 0.437 e. The maximum atomic E-state index is 14.2. The highest BCUT2D eigenvalue weighted by Crippen LogP contribution is 2.45. The third kappa shape index (κ3) is 4.28. The lowest BCUT2D eigenvalue weighted by Gasteiger charge is -2.43. The second-order valence-corrected chi connectivity index (χ2v) is 9.85. The van der Waals surface area contributed by atoms with Crippen molar-refractivity contribution in [1.29, 1.82) is 0 Å². The molecule has 0 saturated carbocycles. The number of ether oxygens (including phenoxy) is 1. The first kappa shape index (κ1) is 24.4. The van der Waals surface area contributed by atoms with Gasteiger partial charge in [-0.2, -0.15) is 18.3 Å². The Kier molecular flexibility index (Phi) is 5.86. The maximum absolute atomic E-state index is 14.2. The number of pyridine rings is 2. The Bertz CT molecular complexity index is 1410. The minimum absolute atomic E-state index is 0.0986. The molecule has 0 bridgehead atoms. The molecule has 38 heavy (non-hydrogen) atoms. The van der Waals surface area contributed by atoms with Crippen molar-refractivity contribution in [2.45, 2.75) is 31.2 Å². The SMILES string of the molecule is C=CC(=O)N1CC[C@@H](N2CC(c3cc4c(c(C(F)(F)F)n3)OCc3c(-c5cnn(C)c5)ccnc3N4)C2)C1. The molecule has 0 radical (unpaired) electrons. The van der Waals surface area contributed by atoms with E-state index in [0.717, 1.165) is 17.5 Å². The topological polar surface area (TPSA) is 88.4 Å². The Morgan fingerprint density at radius 1 is 1.29 bits per heavy atom. The molecule has 198 valence electrons. The normalized spacial score (nSPS) is 19.6. The molecule has 0 spiro atoms. The molecule has 6 rings (SSSR count). The molecule has 6 heterocycles. The van der Waals surface area contributed by atoms with Crippen molar-refractivity contribution in [1.82, 2.24) is 29.5 Å². The Balaban J connectivity index is 1.28. The molecule has 3 aromatic heterocycles. The van der Waals surface area contributed by atoms with Crippen LogP contribution >= 0.6 is 0 Å². The first-order valence-electron chi connectivity index (χ1n) is 12.4. The number of hydrogen-bond donors (Lipinski definition) is 1.